The van der Waals surface area contributed by atoms with E-state index in [2.05, 4.69) is 14.9 Å². The summed E-state index contributed by atoms with van der Waals surface area (Å²) in [7, 11) is 0. The zero-order chi connectivity index (χ0) is 19.3. The number of rotatable bonds is 3. The highest BCUT2D eigenvalue weighted by atomic mass is 19.1. The Kier molecular flexibility index (Phi) is 4.03. The quantitative estimate of drug-likeness (QED) is 0.754. The molecule has 1 saturated heterocycles. The molecule has 0 spiro atoms. The van der Waals surface area contributed by atoms with Gasteiger partial charge in [0.15, 0.2) is 0 Å². The number of carbonyl (C=O) groups excluding carboxylic acids is 1. The molecule has 5 rings (SSSR count). The summed E-state index contributed by atoms with van der Waals surface area (Å²) < 4.78 is 27.2. The van der Waals surface area contributed by atoms with Crippen molar-refractivity contribution < 1.29 is 13.6 Å². The zero-order valence-corrected chi connectivity index (χ0v) is 15.3. The smallest absolute Gasteiger partial charge is 0.225 e. The molecule has 7 heteroatoms. The van der Waals surface area contributed by atoms with E-state index in [-0.39, 0.29) is 11.8 Å². The Morgan fingerprint density at radius 3 is 2.43 bits per heavy atom. The van der Waals surface area contributed by atoms with Crippen LogP contribution >= 0.6 is 0 Å². The first-order valence-corrected chi connectivity index (χ1v) is 9.56. The van der Waals surface area contributed by atoms with Gasteiger partial charge in [0.2, 0.25) is 5.91 Å². The van der Waals surface area contributed by atoms with Gasteiger partial charge < -0.3 is 14.8 Å². The molecule has 0 radical (unpaired) electrons. The number of anilines is 1. The molecule has 0 atom stereocenters. The third kappa shape index (κ3) is 3.10. The van der Waals surface area contributed by atoms with Crippen molar-refractivity contribution in [3.05, 3.63) is 48.2 Å². The number of nitrogens with zero attached hydrogens (tertiary/aromatic N) is 3. The number of piperazine rings is 1. The number of H-pyrrole nitrogens is 1. The molecule has 0 bridgehead atoms. The van der Waals surface area contributed by atoms with Gasteiger partial charge in [-0.25, -0.2) is 13.8 Å². The first-order chi connectivity index (χ1) is 13.6. The van der Waals surface area contributed by atoms with Crippen molar-refractivity contribution in [2.75, 3.05) is 31.1 Å². The molecule has 3 heterocycles. The van der Waals surface area contributed by atoms with Crippen LogP contribution in [-0.4, -0.2) is 47.0 Å². The van der Waals surface area contributed by atoms with Crippen LogP contribution in [0.3, 0.4) is 0 Å². The lowest BCUT2D eigenvalue weighted by Gasteiger charge is -2.36. The van der Waals surface area contributed by atoms with E-state index >= 15 is 0 Å². The van der Waals surface area contributed by atoms with Gasteiger partial charge >= 0.3 is 0 Å². The molecule has 144 valence electrons. The fourth-order valence-electron chi connectivity index (χ4n) is 3.91. The van der Waals surface area contributed by atoms with Gasteiger partial charge in [-0.3, -0.25) is 4.79 Å². The lowest BCUT2D eigenvalue weighted by atomic mass is 10.1. The summed E-state index contributed by atoms with van der Waals surface area (Å²) in [5.41, 5.74) is 2.76. The van der Waals surface area contributed by atoms with Gasteiger partial charge in [0.25, 0.3) is 0 Å². The molecule has 1 N–H and O–H groups in total. The number of nitrogens with one attached hydrogen (secondary N) is 1. The number of amides is 1. The average molecular weight is 382 g/mol. The zero-order valence-electron chi connectivity index (χ0n) is 15.3. The van der Waals surface area contributed by atoms with Crippen LogP contribution in [0.5, 0.6) is 0 Å². The Balaban J connectivity index is 1.42. The third-order valence-electron chi connectivity index (χ3n) is 5.54. The molecule has 1 aliphatic carbocycles. The lowest BCUT2D eigenvalue weighted by Crippen LogP contribution is -2.49. The van der Waals surface area contributed by atoms with E-state index in [1.54, 1.807) is 6.20 Å². The number of halogens is 2. The topological polar surface area (TPSA) is 52.2 Å². The van der Waals surface area contributed by atoms with Crippen LogP contribution < -0.4 is 4.90 Å². The number of fused-ring (bicyclic) bond motifs is 1. The molecule has 1 saturated carbocycles. The maximum Gasteiger partial charge on any atom is 0.225 e. The van der Waals surface area contributed by atoms with E-state index in [9.17, 15) is 13.6 Å². The van der Waals surface area contributed by atoms with Gasteiger partial charge in [0, 0.05) is 66.7 Å². The van der Waals surface area contributed by atoms with Crippen molar-refractivity contribution >= 4 is 22.6 Å². The first kappa shape index (κ1) is 17.2. The molecule has 2 aliphatic rings. The van der Waals surface area contributed by atoms with Gasteiger partial charge in [0.05, 0.1) is 0 Å². The average Bonchev–Trinajstić information content (AvgIpc) is 3.44. The number of hydrogen-bond donors (Lipinski definition) is 1. The predicted octanol–water partition coefficient (Wildman–Crippen LogP) is 3.57. The van der Waals surface area contributed by atoms with Crippen LogP contribution in [0.4, 0.5) is 14.5 Å². The highest BCUT2D eigenvalue weighted by molar-refractivity contribution is 5.94. The van der Waals surface area contributed by atoms with Crippen LogP contribution in [0.25, 0.3) is 22.3 Å². The van der Waals surface area contributed by atoms with Crippen molar-refractivity contribution in [1.82, 2.24) is 14.9 Å². The van der Waals surface area contributed by atoms with E-state index < -0.39 is 11.6 Å². The lowest BCUT2D eigenvalue weighted by molar-refractivity contribution is -0.132. The SMILES string of the molecule is O=C(C1CC1)N1CCN(c2ccnc3[nH]c(-c4cc(F)cc(F)c4)cc23)CC1. The second-order valence-electron chi connectivity index (χ2n) is 7.52. The van der Waals surface area contributed by atoms with Gasteiger partial charge in [0.1, 0.15) is 17.3 Å². The molecule has 1 aliphatic heterocycles. The second kappa shape index (κ2) is 6.58. The summed E-state index contributed by atoms with van der Waals surface area (Å²) in [5, 5.41) is 0.907. The van der Waals surface area contributed by atoms with Gasteiger partial charge in [-0.15, -0.1) is 0 Å². The van der Waals surface area contributed by atoms with E-state index in [0.29, 0.717) is 30.0 Å². The Labute approximate surface area is 161 Å². The molecular formula is C21H20F2N4O. The third-order valence-corrected chi connectivity index (χ3v) is 5.54. The van der Waals surface area contributed by atoms with Crippen LogP contribution in [-0.2, 0) is 4.79 Å². The standard InChI is InChI=1S/C21H20F2N4O/c22-15-9-14(10-16(23)11-15)18-12-17-19(3-4-24-20(17)25-18)26-5-7-27(8-6-26)21(28)13-1-2-13/h3-4,9-13H,1-2,5-8H2,(H,24,25). The molecule has 28 heavy (non-hydrogen) atoms. The fourth-order valence-corrected chi connectivity index (χ4v) is 3.91. The minimum Gasteiger partial charge on any atom is -0.367 e. The van der Waals surface area contributed by atoms with Crippen molar-refractivity contribution in [2.45, 2.75) is 12.8 Å². The largest absolute Gasteiger partial charge is 0.367 e. The minimum absolute atomic E-state index is 0.248. The summed E-state index contributed by atoms with van der Waals surface area (Å²) >= 11 is 0. The van der Waals surface area contributed by atoms with Crippen molar-refractivity contribution in [2.24, 2.45) is 5.92 Å². The summed E-state index contributed by atoms with van der Waals surface area (Å²) in [4.78, 5) is 24.0. The number of aromatic nitrogens is 2. The number of hydrogen-bond acceptors (Lipinski definition) is 3. The molecule has 0 unspecified atom stereocenters. The minimum atomic E-state index is -0.613. The number of aromatic amines is 1. The molecular weight excluding hydrogens is 362 g/mol. The number of benzene rings is 1. The van der Waals surface area contributed by atoms with Crippen LogP contribution in [0, 0.1) is 17.6 Å². The fraction of sp³-hybridized carbons (Fsp3) is 0.333. The van der Waals surface area contributed by atoms with Crippen molar-refractivity contribution in [3.63, 3.8) is 0 Å². The Hall–Kier alpha value is -2.96. The van der Waals surface area contributed by atoms with Gasteiger partial charge in [-0.05, 0) is 37.1 Å². The maximum atomic E-state index is 13.6. The summed E-state index contributed by atoms with van der Waals surface area (Å²) in [6, 6.07) is 7.29. The Morgan fingerprint density at radius 1 is 1.04 bits per heavy atom. The summed E-state index contributed by atoms with van der Waals surface area (Å²) in [6.45, 7) is 2.94. The number of pyridine rings is 1. The molecule has 1 aromatic carbocycles. The van der Waals surface area contributed by atoms with E-state index in [1.807, 2.05) is 17.0 Å². The predicted molar refractivity (Wildman–Crippen MR) is 103 cm³/mol. The number of carbonyl (C=O) groups is 1. The Morgan fingerprint density at radius 2 is 1.75 bits per heavy atom. The monoisotopic (exact) mass is 382 g/mol. The van der Waals surface area contributed by atoms with Crippen molar-refractivity contribution in [1.29, 1.82) is 0 Å². The first-order valence-electron chi connectivity index (χ1n) is 9.56. The second-order valence-corrected chi connectivity index (χ2v) is 7.52. The van der Waals surface area contributed by atoms with E-state index in [1.165, 1.54) is 12.1 Å². The van der Waals surface area contributed by atoms with Crippen LogP contribution in [0.1, 0.15) is 12.8 Å². The van der Waals surface area contributed by atoms with E-state index in [0.717, 1.165) is 43.1 Å². The molecule has 3 aromatic rings. The highest BCUT2D eigenvalue weighted by Gasteiger charge is 2.34. The molecule has 2 aromatic heterocycles. The van der Waals surface area contributed by atoms with E-state index in [4.69, 9.17) is 0 Å². The Bertz CT molecular complexity index is 1030. The normalized spacial score (nSPS) is 17.4. The highest BCUT2D eigenvalue weighted by Crippen LogP contribution is 2.33. The molecule has 1 amide bonds. The molecule has 2 fully saturated rings. The molecule has 5 nitrogen and oxygen atoms in total. The summed E-state index contributed by atoms with van der Waals surface area (Å²) in [5.74, 6) is -0.689. The van der Waals surface area contributed by atoms with Crippen LogP contribution in [0.2, 0.25) is 0 Å². The van der Waals surface area contributed by atoms with Crippen molar-refractivity contribution in [3.8, 4) is 11.3 Å². The summed E-state index contributed by atoms with van der Waals surface area (Å²) in [6.07, 6.45) is 3.78. The van der Waals surface area contributed by atoms with Gasteiger partial charge in [-0.2, -0.15) is 0 Å². The maximum absolute atomic E-state index is 13.6. The van der Waals surface area contributed by atoms with Gasteiger partial charge in [-0.1, -0.05) is 0 Å². The van der Waals surface area contributed by atoms with Crippen LogP contribution in [0.15, 0.2) is 36.5 Å².